The van der Waals surface area contributed by atoms with Crippen LogP contribution in [0.3, 0.4) is 0 Å². The summed E-state index contributed by atoms with van der Waals surface area (Å²) in [5.41, 5.74) is 0.402. The number of aromatic nitrogens is 3. The average Bonchev–Trinajstić information content (AvgIpc) is 2.96. The molecule has 0 bridgehead atoms. The Morgan fingerprint density at radius 2 is 2.12 bits per heavy atom. The predicted molar refractivity (Wildman–Crippen MR) is 93.4 cm³/mol. The van der Waals surface area contributed by atoms with Crippen molar-refractivity contribution in [3.63, 3.8) is 0 Å². The highest BCUT2D eigenvalue weighted by molar-refractivity contribution is 8.00. The number of hydrogen-bond donors (Lipinski definition) is 0. The zero-order chi connectivity index (χ0) is 17.1. The minimum atomic E-state index is -0.329. The van der Waals surface area contributed by atoms with Crippen LogP contribution in [-0.2, 0) is 16.1 Å². The fourth-order valence-corrected chi connectivity index (χ4v) is 3.76. The van der Waals surface area contributed by atoms with Gasteiger partial charge >= 0.3 is 5.97 Å². The second-order valence-electron chi connectivity index (χ2n) is 5.11. The second-order valence-corrected chi connectivity index (χ2v) is 7.56. The number of thioether (sulfide) groups is 1. The Bertz CT molecular complexity index is 921. The van der Waals surface area contributed by atoms with Gasteiger partial charge in [0.25, 0.3) is 5.56 Å². The standard InChI is InChI=1S/C16H15N3O3S2/c1-10-8-14(20)19-16(17-10)24-13(18-19)9-22-15(21)11(2)23-12-6-4-3-5-7-12/h3-8,11H,9H2,1-2H3/t11-/m1/s1. The van der Waals surface area contributed by atoms with Gasteiger partial charge in [-0.15, -0.1) is 11.8 Å². The lowest BCUT2D eigenvalue weighted by Gasteiger charge is -2.10. The van der Waals surface area contributed by atoms with E-state index in [0.29, 0.717) is 15.7 Å². The monoisotopic (exact) mass is 361 g/mol. The molecule has 0 N–H and O–H groups in total. The first kappa shape index (κ1) is 16.7. The molecular formula is C16H15N3O3S2. The lowest BCUT2D eigenvalue weighted by atomic mass is 10.4. The number of esters is 1. The molecule has 0 saturated heterocycles. The van der Waals surface area contributed by atoms with E-state index in [1.165, 1.54) is 33.7 Å². The summed E-state index contributed by atoms with van der Waals surface area (Å²) >= 11 is 2.68. The molecule has 0 aliphatic carbocycles. The summed E-state index contributed by atoms with van der Waals surface area (Å²) in [7, 11) is 0. The van der Waals surface area contributed by atoms with Crippen LogP contribution in [0.15, 0.2) is 46.1 Å². The van der Waals surface area contributed by atoms with Crippen molar-refractivity contribution in [2.24, 2.45) is 0 Å². The van der Waals surface area contributed by atoms with Crippen LogP contribution < -0.4 is 5.56 Å². The average molecular weight is 361 g/mol. The van der Waals surface area contributed by atoms with E-state index in [1.54, 1.807) is 13.8 Å². The maximum atomic E-state index is 12.1. The number of rotatable bonds is 5. The molecule has 24 heavy (non-hydrogen) atoms. The Balaban J connectivity index is 1.64. The van der Waals surface area contributed by atoms with Gasteiger partial charge in [0.05, 0.1) is 0 Å². The smallest absolute Gasteiger partial charge is 0.319 e. The van der Waals surface area contributed by atoms with Gasteiger partial charge < -0.3 is 4.74 Å². The Labute approximate surface area is 146 Å². The molecular weight excluding hydrogens is 346 g/mol. The minimum Gasteiger partial charge on any atom is -0.457 e. The topological polar surface area (TPSA) is 73.6 Å². The van der Waals surface area contributed by atoms with E-state index in [2.05, 4.69) is 10.1 Å². The van der Waals surface area contributed by atoms with Crippen molar-refractivity contribution in [3.05, 3.63) is 57.5 Å². The maximum Gasteiger partial charge on any atom is 0.319 e. The number of carbonyl (C=O) groups excluding carboxylic acids is 1. The summed E-state index contributed by atoms with van der Waals surface area (Å²) in [5.74, 6) is -0.320. The molecule has 3 rings (SSSR count). The highest BCUT2D eigenvalue weighted by Crippen LogP contribution is 2.24. The van der Waals surface area contributed by atoms with Crippen LogP contribution >= 0.6 is 23.1 Å². The Kier molecular flexibility index (Phi) is 4.96. The van der Waals surface area contributed by atoms with Gasteiger partial charge in [0.1, 0.15) is 11.9 Å². The molecule has 8 heteroatoms. The van der Waals surface area contributed by atoms with Gasteiger partial charge in [0, 0.05) is 16.7 Å². The van der Waals surface area contributed by atoms with Crippen LogP contribution in [0.1, 0.15) is 17.6 Å². The summed E-state index contributed by atoms with van der Waals surface area (Å²) in [6, 6.07) is 11.1. The van der Waals surface area contributed by atoms with Crippen molar-refractivity contribution in [1.82, 2.24) is 14.6 Å². The van der Waals surface area contributed by atoms with E-state index < -0.39 is 0 Å². The van der Waals surface area contributed by atoms with Crippen LogP contribution in [-0.4, -0.2) is 25.8 Å². The van der Waals surface area contributed by atoms with E-state index in [9.17, 15) is 9.59 Å². The predicted octanol–water partition coefficient (Wildman–Crippen LogP) is 2.68. The molecule has 0 aliphatic rings. The summed E-state index contributed by atoms with van der Waals surface area (Å²) in [4.78, 5) is 29.7. The van der Waals surface area contributed by atoms with Crippen LogP contribution in [0.2, 0.25) is 0 Å². The van der Waals surface area contributed by atoms with E-state index in [1.807, 2.05) is 30.3 Å². The molecule has 124 valence electrons. The molecule has 2 heterocycles. The summed E-state index contributed by atoms with van der Waals surface area (Å²) in [6.07, 6.45) is 0. The first-order valence-corrected chi connectivity index (χ1v) is 8.97. The normalized spacial score (nSPS) is 12.2. The van der Waals surface area contributed by atoms with E-state index in [-0.39, 0.29) is 23.4 Å². The molecule has 0 fully saturated rings. The molecule has 0 radical (unpaired) electrons. The molecule has 1 aromatic carbocycles. The molecule has 0 spiro atoms. The lowest BCUT2D eigenvalue weighted by Crippen LogP contribution is -2.17. The van der Waals surface area contributed by atoms with Crippen LogP contribution in [0.4, 0.5) is 0 Å². The van der Waals surface area contributed by atoms with Gasteiger partial charge in [-0.05, 0) is 26.0 Å². The number of fused-ring (bicyclic) bond motifs is 1. The van der Waals surface area contributed by atoms with Crippen LogP contribution in [0.5, 0.6) is 0 Å². The number of ether oxygens (including phenoxy) is 1. The Morgan fingerprint density at radius 3 is 2.88 bits per heavy atom. The number of aryl methyl sites for hydroxylation is 1. The molecule has 0 saturated carbocycles. The van der Waals surface area contributed by atoms with Crippen LogP contribution in [0.25, 0.3) is 4.96 Å². The quantitative estimate of drug-likeness (QED) is 0.514. The van der Waals surface area contributed by atoms with Gasteiger partial charge in [-0.25, -0.2) is 4.98 Å². The van der Waals surface area contributed by atoms with E-state index in [0.717, 1.165) is 4.90 Å². The third kappa shape index (κ3) is 3.82. The van der Waals surface area contributed by atoms with E-state index in [4.69, 9.17) is 4.74 Å². The van der Waals surface area contributed by atoms with Crippen molar-refractivity contribution in [2.45, 2.75) is 30.6 Å². The zero-order valence-corrected chi connectivity index (χ0v) is 14.8. The van der Waals surface area contributed by atoms with Gasteiger partial charge in [-0.2, -0.15) is 9.61 Å². The van der Waals surface area contributed by atoms with Crippen LogP contribution in [0, 0.1) is 6.92 Å². The van der Waals surface area contributed by atoms with Gasteiger partial charge in [0.2, 0.25) is 4.96 Å². The molecule has 3 aromatic rings. The number of carbonyl (C=O) groups is 1. The first-order valence-electron chi connectivity index (χ1n) is 7.27. The summed E-state index contributed by atoms with van der Waals surface area (Å²) in [6.45, 7) is 3.59. The zero-order valence-electron chi connectivity index (χ0n) is 13.1. The van der Waals surface area contributed by atoms with E-state index >= 15 is 0 Å². The van der Waals surface area contributed by atoms with Crippen molar-refractivity contribution < 1.29 is 9.53 Å². The SMILES string of the molecule is Cc1cc(=O)n2nc(COC(=O)[C@@H](C)Sc3ccccc3)sc2n1. The van der Waals surface area contributed by atoms with Gasteiger partial charge in [0.15, 0.2) is 5.01 Å². The van der Waals surface area contributed by atoms with Crippen molar-refractivity contribution >= 4 is 34.0 Å². The molecule has 0 aliphatic heterocycles. The first-order chi connectivity index (χ1) is 11.5. The summed E-state index contributed by atoms with van der Waals surface area (Å²) < 4.78 is 6.53. The lowest BCUT2D eigenvalue weighted by molar-refractivity contribution is -0.143. The largest absolute Gasteiger partial charge is 0.457 e. The Hall–Kier alpha value is -2.19. The number of nitrogens with zero attached hydrogens (tertiary/aromatic N) is 3. The van der Waals surface area contributed by atoms with Crippen molar-refractivity contribution in [1.29, 1.82) is 0 Å². The third-order valence-electron chi connectivity index (χ3n) is 3.14. The number of benzene rings is 1. The molecule has 6 nitrogen and oxygen atoms in total. The van der Waals surface area contributed by atoms with Gasteiger partial charge in [-0.1, -0.05) is 29.5 Å². The fraction of sp³-hybridized carbons (Fsp3) is 0.250. The highest BCUT2D eigenvalue weighted by atomic mass is 32.2. The number of hydrogen-bond acceptors (Lipinski definition) is 7. The molecule has 2 aromatic heterocycles. The molecule has 0 unspecified atom stereocenters. The molecule has 1 atom stereocenters. The highest BCUT2D eigenvalue weighted by Gasteiger charge is 2.17. The van der Waals surface area contributed by atoms with Gasteiger partial charge in [-0.3, -0.25) is 9.59 Å². The molecule has 0 amide bonds. The summed E-state index contributed by atoms with van der Waals surface area (Å²) in [5, 5.41) is 4.35. The minimum absolute atomic E-state index is 0.0328. The van der Waals surface area contributed by atoms with Crippen molar-refractivity contribution in [2.75, 3.05) is 0 Å². The third-order valence-corrected chi connectivity index (χ3v) is 5.11. The van der Waals surface area contributed by atoms with Crippen molar-refractivity contribution in [3.8, 4) is 0 Å². The fourth-order valence-electron chi connectivity index (χ4n) is 2.02. The second kappa shape index (κ2) is 7.14. The Morgan fingerprint density at radius 1 is 1.38 bits per heavy atom. The maximum absolute atomic E-state index is 12.1.